The largest absolute Gasteiger partial charge is 0.395 e. The van der Waals surface area contributed by atoms with Crippen molar-refractivity contribution < 1.29 is 13.5 Å². The first kappa shape index (κ1) is 15.5. The summed E-state index contributed by atoms with van der Waals surface area (Å²) in [6.07, 6.45) is 3.82. The number of nitrogen functional groups attached to an aromatic ring is 1. The van der Waals surface area contributed by atoms with Crippen LogP contribution in [0, 0.1) is 0 Å². The van der Waals surface area contributed by atoms with Crippen molar-refractivity contribution in [1.82, 2.24) is 9.29 Å². The SMILES string of the molecule is NNc1ncc(S(=O)(=O)N(CCO)C2CCC2)cc1Cl. The summed E-state index contributed by atoms with van der Waals surface area (Å²) < 4.78 is 26.5. The molecule has 0 atom stereocenters. The molecule has 0 bridgehead atoms. The molecule has 1 aliphatic carbocycles. The Labute approximate surface area is 122 Å². The Kier molecular flexibility index (Phi) is 4.82. The van der Waals surface area contributed by atoms with Gasteiger partial charge in [-0.25, -0.2) is 19.2 Å². The minimum atomic E-state index is -3.71. The van der Waals surface area contributed by atoms with Crippen molar-refractivity contribution in [3.8, 4) is 0 Å². The van der Waals surface area contributed by atoms with Gasteiger partial charge in [0.1, 0.15) is 4.90 Å². The molecule has 0 radical (unpaired) electrons. The van der Waals surface area contributed by atoms with Crippen LogP contribution in [0.3, 0.4) is 0 Å². The maximum Gasteiger partial charge on any atom is 0.244 e. The van der Waals surface area contributed by atoms with E-state index in [9.17, 15) is 8.42 Å². The molecular weight excluding hydrogens is 304 g/mol. The van der Waals surface area contributed by atoms with Crippen LogP contribution in [0.25, 0.3) is 0 Å². The van der Waals surface area contributed by atoms with Crippen molar-refractivity contribution in [3.63, 3.8) is 0 Å². The molecular formula is C11H17ClN4O3S. The second-order valence-electron chi connectivity index (χ2n) is 4.57. The molecule has 0 spiro atoms. The molecule has 0 aromatic carbocycles. The van der Waals surface area contributed by atoms with Crippen LogP contribution in [0.5, 0.6) is 0 Å². The molecule has 9 heteroatoms. The fourth-order valence-corrected chi connectivity index (χ4v) is 4.01. The standard InChI is InChI=1S/C11H17ClN4O3S/c12-10-6-9(7-14-11(10)15-13)20(18,19)16(4-5-17)8-2-1-3-8/h6-8,17H,1-5,13H2,(H,14,15). The second-order valence-corrected chi connectivity index (χ2v) is 6.87. The first-order valence-electron chi connectivity index (χ1n) is 6.25. The van der Waals surface area contributed by atoms with Gasteiger partial charge in [-0.15, -0.1) is 0 Å². The number of sulfonamides is 1. The number of aromatic nitrogens is 1. The van der Waals surface area contributed by atoms with Crippen LogP contribution in [0.4, 0.5) is 5.82 Å². The van der Waals surface area contributed by atoms with Gasteiger partial charge in [-0.2, -0.15) is 4.31 Å². The molecule has 20 heavy (non-hydrogen) atoms. The molecule has 0 aliphatic heterocycles. The number of pyridine rings is 1. The van der Waals surface area contributed by atoms with Gasteiger partial charge in [-0.05, 0) is 18.9 Å². The van der Waals surface area contributed by atoms with Gasteiger partial charge in [0, 0.05) is 18.8 Å². The number of nitrogens with zero attached hydrogens (tertiary/aromatic N) is 2. The van der Waals surface area contributed by atoms with Crippen molar-refractivity contribution in [1.29, 1.82) is 0 Å². The van der Waals surface area contributed by atoms with Gasteiger partial charge < -0.3 is 10.5 Å². The molecule has 7 nitrogen and oxygen atoms in total. The average molecular weight is 321 g/mol. The predicted molar refractivity (Wildman–Crippen MR) is 75.7 cm³/mol. The van der Waals surface area contributed by atoms with E-state index in [0.29, 0.717) is 0 Å². The van der Waals surface area contributed by atoms with E-state index in [4.69, 9.17) is 22.6 Å². The van der Waals surface area contributed by atoms with Crippen LogP contribution < -0.4 is 11.3 Å². The molecule has 1 fully saturated rings. The number of hydrazine groups is 1. The van der Waals surface area contributed by atoms with Gasteiger partial charge in [0.2, 0.25) is 10.0 Å². The number of rotatable bonds is 6. The average Bonchev–Trinajstić information content (AvgIpc) is 2.36. The number of nitrogens with two attached hydrogens (primary N) is 1. The Morgan fingerprint density at radius 3 is 2.70 bits per heavy atom. The second kappa shape index (κ2) is 6.23. The predicted octanol–water partition coefficient (Wildman–Crippen LogP) is 0.556. The maximum atomic E-state index is 12.6. The van der Waals surface area contributed by atoms with E-state index in [1.807, 2.05) is 0 Å². The lowest BCUT2D eigenvalue weighted by Crippen LogP contribution is -2.45. The van der Waals surface area contributed by atoms with Gasteiger partial charge in [0.15, 0.2) is 5.82 Å². The summed E-state index contributed by atoms with van der Waals surface area (Å²) in [7, 11) is -3.71. The molecule has 112 valence electrons. The summed E-state index contributed by atoms with van der Waals surface area (Å²) in [4.78, 5) is 3.87. The van der Waals surface area contributed by atoms with E-state index in [-0.39, 0.29) is 34.9 Å². The molecule has 2 rings (SSSR count). The zero-order valence-electron chi connectivity index (χ0n) is 10.8. The molecule has 1 aromatic heterocycles. The van der Waals surface area contributed by atoms with Crippen LogP contribution in [0.15, 0.2) is 17.2 Å². The number of aliphatic hydroxyl groups excluding tert-OH is 1. The Morgan fingerprint density at radius 2 is 2.25 bits per heavy atom. The quantitative estimate of drug-likeness (QED) is 0.522. The van der Waals surface area contributed by atoms with Crippen LogP contribution in [-0.2, 0) is 10.0 Å². The van der Waals surface area contributed by atoms with E-state index in [1.165, 1.54) is 16.6 Å². The molecule has 1 aliphatic rings. The van der Waals surface area contributed by atoms with E-state index in [2.05, 4.69) is 10.4 Å². The number of nitrogens with one attached hydrogen (secondary N) is 1. The van der Waals surface area contributed by atoms with Crippen molar-refractivity contribution in [2.45, 2.75) is 30.2 Å². The molecule has 1 aromatic rings. The smallest absolute Gasteiger partial charge is 0.244 e. The van der Waals surface area contributed by atoms with E-state index >= 15 is 0 Å². The van der Waals surface area contributed by atoms with E-state index < -0.39 is 10.0 Å². The zero-order valence-corrected chi connectivity index (χ0v) is 12.4. The molecule has 1 saturated carbocycles. The maximum absolute atomic E-state index is 12.6. The molecule has 0 unspecified atom stereocenters. The number of aliphatic hydroxyl groups is 1. The van der Waals surface area contributed by atoms with Crippen LogP contribution >= 0.6 is 11.6 Å². The topological polar surface area (TPSA) is 109 Å². The van der Waals surface area contributed by atoms with Gasteiger partial charge >= 0.3 is 0 Å². The third kappa shape index (κ3) is 2.89. The lowest BCUT2D eigenvalue weighted by atomic mass is 9.93. The van der Waals surface area contributed by atoms with Gasteiger partial charge in [0.05, 0.1) is 11.6 Å². The Bertz CT molecular complexity index is 577. The van der Waals surface area contributed by atoms with Crippen LogP contribution in [-0.4, -0.2) is 42.0 Å². The van der Waals surface area contributed by atoms with Gasteiger partial charge in [0.25, 0.3) is 0 Å². The Morgan fingerprint density at radius 1 is 1.55 bits per heavy atom. The summed E-state index contributed by atoms with van der Waals surface area (Å²) in [6.45, 7) is -0.152. The van der Waals surface area contributed by atoms with Crippen molar-refractivity contribution in [2.75, 3.05) is 18.6 Å². The number of hydrogen-bond acceptors (Lipinski definition) is 6. The Balaban J connectivity index is 2.34. The third-order valence-corrected chi connectivity index (χ3v) is 5.57. The summed E-state index contributed by atoms with van der Waals surface area (Å²) in [6, 6.07) is 1.25. The van der Waals surface area contributed by atoms with Crippen molar-refractivity contribution >= 4 is 27.4 Å². The van der Waals surface area contributed by atoms with Gasteiger partial charge in [-0.3, -0.25) is 0 Å². The fourth-order valence-electron chi connectivity index (χ4n) is 2.08. The van der Waals surface area contributed by atoms with Crippen molar-refractivity contribution in [2.24, 2.45) is 5.84 Å². The molecule has 0 saturated heterocycles. The monoisotopic (exact) mass is 320 g/mol. The van der Waals surface area contributed by atoms with Crippen LogP contribution in [0.2, 0.25) is 5.02 Å². The zero-order chi connectivity index (χ0) is 14.8. The van der Waals surface area contributed by atoms with E-state index in [0.717, 1.165) is 19.3 Å². The summed E-state index contributed by atoms with van der Waals surface area (Å²) in [5, 5.41) is 9.21. The van der Waals surface area contributed by atoms with Crippen molar-refractivity contribution in [3.05, 3.63) is 17.3 Å². The highest BCUT2D eigenvalue weighted by molar-refractivity contribution is 7.89. The highest BCUT2D eigenvalue weighted by Crippen LogP contribution is 2.31. The first-order valence-corrected chi connectivity index (χ1v) is 8.07. The highest BCUT2D eigenvalue weighted by atomic mass is 35.5. The highest BCUT2D eigenvalue weighted by Gasteiger charge is 2.34. The lowest BCUT2D eigenvalue weighted by Gasteiger charge is -2.36. The summed E-state index contributed by atoms with van der Waals surface area (Å²) >= 11 is 5.91. The molecule has 1 heterocycles. The number of anilines is 1. The van der Waals surface area contributed by atoms with E-state index in [1.54, 1.807) is 0 Å². The minimum Gasteiger partial charge on any atom is -0.395 e. The Hall–Kier alpha value is -0.930. The van der Waals surface area contributed by atoms with Gasteiger partial charge in [-0.1, -0.05) is 18.0 Å². The van der Waals surface area contributed by atoms with Crippen LogP contribution in [0.1, 0.15) is 19.3 Å². The fraction of sp³-hybridized carbons (Fsp3) is 0.545. The molecule has 4 N–H and O–H groups in total. The lowest BCUT2D eigenvalue weighted by molar-refractivity contribution is 0.178. The summed E-state index contributed by atoms with van der Waals surface area (Å²) in [5.41, 5.74) is 2.28. The third-order valence-electron chi connectivity index (χ3n) is 3.36. The summed E-state index contributed by atoms with van der Waals surface area (Å²) in [5.74, 6) is 5.42. The first-order chi connectivity index (χ1) is 9.50. The minimum absolute atomic E-state index is 0.00171. The number of halogens is 1. The number of hydrogen-bond donors (Lipinski definition) is 3. The normalized spacial score (nSPS) is 16.2. The molecule has 0 amide bonds.